The fourth-order valence-electron chi connectivity index (χ4n) is 1.68. The van der Waals surface area contributed by atoms with E-state index in [1.165, 1.54) is 6.92 Å². The SMILES string of the molecule is CC(=O)NC(C)C(=O)N(C)Cc1cccc(Cl)c1. The van der Waals surface area contributed by atoms with Crippen LogP contribution in [0.3, 0.4) is 0 Å². The quantitative estimate of drug-likeness (QED) is 0.906. The summed E-state index contributed by atoms with van der Waals surface area (Å²) in [7, 11) is 1.70. The Labute approximate surface area is 112 Å². The van der Waals surface area contributed by atoms with Gasteiger partial charge < -0.3 is 10.2 Å². The molecule has 0 bridgehead atoms. The van der Waals surface area contributed by atoms with Gasteiger partial charge in [-0.25, -0.2) is 0 Å². The second-order valence-corrected chi connectivity index (χ2v) is 4.68. The number of likely N-dealkylation sites (N-methyl/N-ethyl adjacent to an activating group) is 1. The Balaban J connectivity index is 2.62. The first kappa shape index (κ1) is 14.5. The van der Waals surface area contributed by atoms with Crippen LogP contribution >= 0.6 is 11.6 Å². The Morgan fingerprint density at radius 1 is 1.44 bits per heavy atom. The topological polar surface area (TPSA) is 49.4 Å². The Hall–Kier alpha value is -1.55. The average Bonchev–Trinajstić information content (AvgIpc) is 2.27. The maximum absolute atomic E-state index is 11.9. The first-order valence-corrected chi connectivity index (χ1v) is 6.04. The van der Waals surface area contributed by atoms with Crippen molar-refractivity contribution >= 4 is 23.4 Å². The molecule has 2 amide bonds. The van der Waals surface area contributed by atoms with Crippen LogP contribution in [0.25, 0.3) is 0 Å². The van der Waals surface area contributed by atoms with Crippen LogP contribution in [0.5, 0.6) is 0 Å². The molecule has 98 valence electrons. The van der Waals surface area contributed by atoms with E-state index < -0.39 is 6.04 Å². The molecule has 4 nitrogen and oxygen atoms in total. The first-order valence-electron chi connectivity index (χ1n) is 5.66. The molecular formula is C13H17ClN2O2. The molecule has 0 saturated carbocycles. The predicted octanol–water partition coefficient (Wildman–Crippen LogP) is 1.82. The third-order valence-corrected chi connectivity index (χ3v) is 2.71. The fourth-order valence-corrected chi connectivity index (χ4v) is 1.90. The van der Waals surface area contributed by atoms with Crippen molar-refractivity contribution in [3.63, 3.8) is 0 Å². The summed E-state index contributed by atoms with van der Waals surface area (Å²) in [6.07, 6.45) is 0. The molecule has 0 radical (unpaired) electrons. The minimum absolute atomic E-state index is 0.134. The molecule has 0 aromatic heterocycles. The Kier molecular flexibility index (Phi) is 5.16. The zero-order chi connectivity index (χ0) is 13.7. The smallest absolute Gasteiger partial charge is 0.244 e. The lowest BCUT2D eigenvalue weighted by molar-refractivity contribution is -0.134. The molecule has 0 spiro atoms. The van der Waals surface area contributed by atoms with Crippen molar-refractivity contribution in [3.05, 3.63) is 34.9 Å². The van der Waals surface area contributed by atoms with Gasteiger partial charge in [-0.3, -0.25) is 9.59 Å². The molecule has 0 aliphatic heterocycles. The van der Waals surface area contributed by atoms with Crippen LogP contribution < -0.4 is 5.32 Å². The van der Waals surface area contributed by atoms with Gasteiger partial charge in [0.1, 0.15) is 6.04 Å². The third-order valence-electron chi connectivity index (χ3n) is 2.48. The van der Waals surface area contributed by atoms with Gasteiger partial charge in [-0.1, -0.05) is 23.7 Å². The summed E-state index contributed by atoms with van der Waals surface area (Å²) in [5.41, 5.74) is 0.952. The lowest BCUT2D eigenvalue weighted by Crippen LogP contribution is -2.44. The molecule has 0 aliphatic carbocycles. The van der Waals surface area contributed by atoms with Gasteiger partial charge in [-0.15, -0.1) is 0 Å². The second-order valence-electron chi connectivity index (χ2n) is 4.25. The second kappa shape index (κ2) is 6.40. The van der Waals surface area contributed by atoms with Gasteiger partial charge in [0.2, 0.25) is 11.8 Å². The van der Waals surface area contributed by atoms with Crippen molar-refractivity contribution in [1.82, 2.24) is 10.2 Å². The van der Waals surface area contributed by atoms with Gasteiger partial charge in [0.25, 0.3) is 0 Å². The molecular weight excluding hydrogens is 252 g/mol. The molecule has 1 rings (SSSR count). The van der Waals surface area contributed by atoms with Gasteiger partial charge in [-0.05, 0) is 24.6 Å². The molecule has 0 saturated heterocycles. The standard InChI is InChI=1S/C13H17ClN2O2/c1-9(15-10(2)17)13(18)16(3)8-11-5-4-6-12(14)7-11/h4-7,9H,8H2,1-3H3,(H,15,17). The zero-order valence-corrected chi connectivity index (χ0v) is 11.5. The number of nitrogens with zero attached hydrogens (tertiary/aromatic N) is 1. The van der Waals surface area contributed by atoms with Gasteiger partial charge in [0.05, 0.1) is 0 Å². The van der Waals surface area contributed by atoms with Gasteiger partial charge in [0, 0.05) is 25.5 Å². The van der Waals surface area contributed by atoms with E-state index in [1.54, 1.807) is 24.9 Å². The van der Waals surface area contributed by atoms with Crippen LogP contribution in [0.1, 0.15) is 19.4 Å². The van der Waals surface area contributed by atoms with Crippen molar-refractivity contribution in [2.45, 2.75) is 26.4 Å². The maximum atomic E-state index is 11.9. The van der Waals surface area contributed by atoms with Crippen molar-refractivity contribution in [1.29, 1.82) is 0 Å². The van der Waals surface area contributed by atoms with Gasteiger partial charge in [-0.2, -0.15) is 0 Å². The Morgan fingerprint density at radius 3 is 2.67 bits per heavy atom. The van der Waals surface area contributed by atoms with Crippen LogP contribution in [0.2, 0.25) is 5.02 Å². The Bertz CT molecular complexity index is 448. The van der Waals surface area contributed by atoms with E-state index in [-0.39, 0.29) is 11.8 Å². The summed E-state index contributed by atoms with van der Waals surface area (Å²) >= 11 is 5.88. The summed E-state index contributed by atoms with van der Waals surface area (Å²) in [5.74, 6) is -0.350. The van der Waals surface area contributed by atoms with Crippen LogP contribution in [0.4, 0.5) is 0 Å². The number of benzene rings is 1. The van der Waals surface area contributed by atoms with E-state index in [0.717, 1.165) is 5.56 Å². The molecule has 1 aromatic rings. The van der Waals surface area contributed by atoms with Crippen molar-refractivity contribution in [3.8, 4) is 0 Å². The summed E-state index contributed by atoms with van der Waals surface area (Å²) in [6, 6.07) is 6.82. The highest BCUT2D eigenvalue weighted by atomic mass is 35.5. The molecule has 5 heteroatoms. The Morgan fingerprint density at radius 2 is 2.11 bits per heavy atom. The van der Waals surface area contributed by atoms with E-state index >= 15 is 0 Å². The molecule has 1 aromatic carbocycles. The minimum Gasteiger partial charge on any atom is -0.345 e. The number of amides is 2. The van der Waals surface area contributed by atoms with Crippen molar-refractivity contribution in [2.75, 3.05) is 7.05 Å². The molecule has 1 unspecified atom stereocenters. The van der Waals surface area contributed by atoms with Crippen molar-refractivity contribution in [2.24, 2.45) is 0 Å². The van der Waals surface area contributed by atoms with Crippen LogP contribution in [0.15, 0.2) is 24.3 Å². The van der Waals surface area contributed by atoms with Crippen LogP contribution in [0, 0.1) is 0 Å². The maximum Gasteiger partial charge on any atom is 0.244 e. The molecule has 0 heterocycles. The van der Waals surface area contributed by atoms with E-state index in [2.05, 4.69) is 5.32 Å². The number of halogens is 1. The normalized spacial score (nSPS) is 11.8. The van der Waals surface area contributed by atoms with E-state index in [0.29, 0.717) is 11.6 Å². The van der Waals surface area contributed by atoms with Gasteiger partial charge in [0.15, 0.2) is 0 Å². The summed E-state index contributed by atoms with van der Waals surface area (Å²) in [5, 5.41) is 3.21. The monoisotopic (exact) mass is 268 g/mol. The van der Waals surface area contributed by atoms with Gasteiger partial charge >= 0.3 is 0 Å². The van der Waals surface area contributed by atoms with E-state index in [9.17, 15) is 9.59 Å². The van der Waals surface area contributed by atoms with Crippen LogP contribution in [-0.4, -0.2) is 29.8 Å². The lowest BCUT2D eigenvalue weighted by atomic mass is 10.2. The summed E-state index contributed by atoms with van der Waals surface area (Å²) < 4.78 is 0. The zero-order valence-electron chi connectivity index (χ0n) is 10.7. The average molecular weight is 269 g/mol. The number of carbonyl (C=O) groups excluding carboxylic acids is 2. The van der Waals surface area contributed by atoms with Crippen LogP contribution in [-0.2, 0) is 16.1 Å². The number of hydrogen-bond donors (Lipinski definition) is 1. The first-order chi connectivity index (χ1) is 8.40. The lowest BCUT2D eigenvalue weighted by Gasteiger charge is -2.21. The summed E-state index contributed by atoms with van der Waals surface area (Å²) in [4.78, 5) is 24.4. The predicted molar refractivity (Wildman–Crippen MR) is 71.2 cm³/mol. The third kappa shape index (κ3) is 4.37. The minimum atomic E-state index is -0.522. The molecule has 1 atom stereocenters. The highest BCUT2D eigenvalue weighted by Gasteiger charge is 2.18. The molecule has 0 aliphatic rings. The molecule has 1 N–H and O–H groups in total. The molecule has 0 fully saturated rings. The van der Waals surface area contributed by atoms with Crippen molar-refractivity contribution < 1.29 is 9.59 Å². The number of nitrogens with one attached hydrogen (secondary N) is 1. The number of carbonyl (C=O) groups is 2. The number of rotatable bonds is 4. The highest BCUT2D eigenvalue weighted by Crippen LogP contribution is 2.12. The molecule has 18 heavy (non-hydrogen) atoms. The summed E-state index contributed by atoms with van der Waals surface area (Å²) in [6.45, 7) is 3.52. The largest absolute Gasteiger partial charge is 0.345 e. The number of hydrogen-bond acceptors (Lipinski definition) is 2. The van der Waals surface area contributed by atoms with E-state index in [1.807, 2.05) is 18.2 Å². The fraction of sp³-hybridized carbons (Fsp3) is 0.385. The van der Waals surface area contributed by atoms with E-state index in [4.69, 9.17) is 11.6 Å². The highest BCUT2D eigenvalue weighted by molar-refractivity contribution is 6.30.